The molecular weight excluding hydrogens is 352 g/mol. The van der Waals surface area contributed by atoms with E-state index in [9.17, 15) is 18.7 Å². The number of alkyl halides is 2. The van der Waals surface area contributed by atoms with Gasteiger partial charge in [-0.15, -0.1) is 8.78 Å². The summed E-state index contributed by atoms with van der Waals surface area (Å²) >= 11 is 0. The van der Waals surface area contributed by atoms with Crippen LogP contribution in [0.2, 0.25) is 0 Å². The Hall–Kier alpha value is -2.29. The zero-order chi connectivity index (χ0) is 19.1. The third-order valence-electron chi connectivity index (χ3n) is 3.89. The van der Waals surface area contributed by atoms with E-state index in [0.717, 1.165) is 0 Å². The molecule has 1 aromatic rings. The molecule has 3 rings (SSSR count). The summed E-state index contributed by atoms with van der Waals surface area (Å²) in [5, 5.41) is 9.53. The number of halogens is 2. The first-order chi connectivity index (χ1) is 12.1. The van der Waals surface area contributed by atoms with E-state index in [4.69, 9.17) is 9.47 Å². The van der Waals surface area contributed by atoms with Crippen molar-refractivity contribution in [1.82, 2.24) is 4.90 Å². The van der Waals surface area contributed by atoms with Crippen LogP contribution in [0.15, 0.2) is 18.2 Å². The Bertz CT molecular complexity index is 690. The van der Waals surface area contributed by atoms with Gasteiger partial charge in [-0.2, -0.15) is 0 Å². The summed E-state index contributed by atoms with van der Waals surface area (Å²) in [6.45, 7) is 5.25. The topological polar surface area (TPSA) is 77.5 Å². The third kappa shape index (κ3) is 4.09. The molecule has 0 saturated carbocycles. The summed E-state index contributed by atoms with van der Waals surface area (Å²) in [5.41, 5.74) is -0.654. The molecule has 1 saturated heterocycles. The first-order valence-corrected chi connectivity index (χ1v) is 8.23. The highest BCUT2D eigenvalue weighted by atomic mass is 19.3. The summed E-state index contributed by atoms with van der Waals surface area (Å²) in [7, 11) is 0. The van der Waals surface area contributed by atoms with Crippen LogP contribution in [0.3, 0.4) is 0 Å². The van der Waals surface area contributed by atoms with Crippen LogP contribution in [0.1, 0.15) is 27.2 Å². The van der Waals surface area contributed by atoms with Gasteiger partial charge in [0.15, 0.2) is 11.5 Å². The van der Waals surface area contributed by atoms with E-state index < -0.39 is 30.1 Å². The summed E-state index contributed by atoms with van der Waals surface area (Å²) in [6, 6.07) is 3.68. The number of nitrogens with zero attached hydrogens (tertiary/aromatic N) is 1. The molecular formula is C17H21F2NO6. The molecule has 2 aliphatic rings. The quantitative estimate of drug-likeness (QED) is 0.878. The predicted octanol–water partition coefficient (Wildman–Crippen LogP) is 2.76. The zero-order valence-electron chi connectivity index (χ0n) is 14.7. The molecule has 1 aromatic carbocycles. The maximum absolute atomic E-state index is 13.1. The van der Waals surface area contributed by atoms with Gasteiger partial charge in [0, 0.05) is 12.5 Å². The zero-order valence-corrected chi connectivity index (χ0v) is 14.7. The smallest absolute Gasteiger partial charge is 0.488 e. The van der Waals surface area contributed by atoms with Gasteiger partial charge in [0.1, 0.15) is 17.5 Å². The van der Waals surface area contributed by atoms with Gasteiger partial charge in [0.25, 0.3) is 0 Å². The Morgan fingerprint density at radius 3 is 2.69 bits per heavy atom. The van der Waals surface area contributed by atoms with Gasteiger partial charge in [-0.3, -0.25) is 4.90 Å². The SMILES string of the molecule is CC(C)(C)OC(=O)N1C[C@@H](Oc2ccc3c(c2)OC(F)(F)O3)C[C@H]1CO. The molecule has 2 heterocycles. The van der Waals surface area contributed by atoms with Crippen LogP contribution in [-0.2, 0) is 4.74 Å². The second-order valence-electron chi connectivity index (χ2n) is 7.22. The molecule has 0 bridgehead atoms. The first-order valence-electron chi connectivity index (χ1n) is 8.23. The van der Waals surface area contributed by atoms with Crippen LogP contribution in [0.25, 0.3) is 0 Å². The van der Waals surface area contributed by atoms with Crippen LogP contribution in [0, 0.1) is 0 Å². The van der Waals surface area contributed by atoms with Gasteiger partial charge < -0.3 is 24.1 Å². The minimum Gasteiger partial charge on any atom is -0.488 e. The van der Waals surface area contributed by atoms with Crippen molar-refractivity contribution in [2.45, 2.75) is 51.2 Å². The number of carbonyl (C=O) groups is 1. The molecule has 2 aliphatic heterocycles. The molecule has 0 aromatic heterocycles. The Morgan fingerprint density at radius 2 is 2.04 bits per heavy atom. The Labute approximate surface area is 149 Å². The maximum atomic E-state index is 13.1. The normalized spacial score (nSPS) is 23.8. The molecule has 26 heavy (non-hydrogen) atoms. The van der Waals surface area contributed by atoms with E-state index >= 15 is 0 Å². The molecule has 0 aliphatic carbocycles. The van der Waals surface area contributed by atoms with Crippen molar-refractivity contribution in [2.75, 3.05) is 13.2 Å². The lowest BCUT2D eigenvalue weighted by atomic mass is 10.2. The molecule has 1 N–H and O–H groups in total. The van der Waals surface area contributed by atoms with E-state index in [1.165, 1.54) is 23.1 Å². The number of rotatable bonds is 3. The number of likely N-dealkylation sites (tertiary alicyclic amines) is 1. The van der Waals surface area contributed by atoms with Gasteiger partial charge in [0.05, 0.1) is 19.2 Å². The van der Waals surface area contributed by atoms with Crippen molar-refractivity contribution in [3.05, 3.63) is 18.2 Å². The molecule has 1 amide bonds. The standard InChI is InChI=1S/C17H21F2NO6/c1-16(2,3)26-15(22)20-8-12(6-10(20)9-21)23-11-4-5-13-14(7-11)25-17(18,19)24-13/h4-5,7,10,12,21H,6,8-9H2,1-3H3/t10-,12-/m0/s1. The number of ether oxygens (including phenoxy) is 4. The van der Waals surface area contributed by atoms with E-state index in [0.29, 0.717) is 12.2 Å². The van der Waals surface area contributed by atoms with Crippen LogP contribution < -0.4 is 14.2 Å². The highest BCUT2D eigenvalue weighted by Gasteiger charge is 2.44. The average Bonchev–Trinajstić information content (AvgIpc) is 3.04. The van der Waals surface area contributed by atoms with Gasteiger partial charge in [-0.1, -0.05) is 0 Å². The highest BCUT2D eigenvalue weighted by Crippen LogP contribution is 2.43. The van der Waals surface area contributed by atoms with Gasteiger partial charge in [-0.25, -0.2) is 4.79 Å². The van der Waals surface area contributed by atoms with Gasteiger partial charge >= 0.3 is 12.4 Å². The van der Waals surface area contributed by atoms with Crippen LogP contribution >= 0.6 is 0 Å². The van der Waals surface area contributed by atoms with Crippen molar-refractivity contribution >= 4 is 6.09 Å². The lowest BCUT2D eigenvalue weighted by molar-refractivity contribution is -0.286. The fraction of sp³-hybridized carbons (Fsp3) is 0.588. The van der Waals surface area contributed by atoms with Crippen LogP contribution in [-0.4, -0.2) is 53.3 Å². The Kier molecular flexibility index (Phi) is 4.60. The number of aliphatic hydroxyl groups is 1. The molecule has 1 fully saturated rings. The largest absolute Gasteiger partial charge is 0.586 e. The predicted molar refractivity (Wildman–Crippen MR) is 85.5 cm³/mol. The van der Waals surface area contributed by atoms with Crippen molar-refractivity contribution < 1.29 is 37.6 Å². The monoisotopic (exact) mass is 373 g/mol. The second-order valence-corrected chi connectivity index (χ2v) is 7.22. The number of hydrogen-bond acceptors (Lipinski definition) is 6. The number of carbonyl (C=O) groups excluding carboxylic acids is 1. The fourth-order valence-electron chi connectivity index (χ4n) is 2.87. The van der Waals surface area contributed by atoms with Crippen molar-refractivity contribution in [3.63, 3.8) is 0 Å². The fourth-order valence-corrected chi connectivity index (χ4v) is 2.87. The molecule has 0 radical (unpaired) electrons. The second kappa shape index (κ2) is 6.46. The number of fused-ring (bicyclic) bond motifs is 1. The minimum absolute atomic E-state index is 0.0719. The average molecular weight is 373 g/mol. The van der Waals surface area contributed by atoms with Crippen LogP contribution in [0.5, 0.6) is 17.2 Å². The molecule has 0 spiro atoms. The van der Waals surface area contributed by atoms with E-state index in [-0.39, 0.29) is 24.7 Å². The van der Waals surface area contributed by atoms with E-state index in [1.807, 2.05) is 0 Å². The van der Waals surface area contributed by atoms with Crippen molar-refractivity contribution in [2.24, 2.45) is 0 Å². The summed E-state index contributed by atoms with van der Waals surface area (Å²) < 4.78 is 46.0. The lowest BCUT2D eigenvalue weighted by Gasteiger charge is -2.27. The summed E-state index contributed by atoms with van der Waals surface area (Å²) in [5.74, 6) is 0.114. The van der Waals surface area contributed by atoms with Crippen molar-refractivity contribution in [3.8, 4) is 17.2 Å². The first kappa shape index (κ1) is 18.5. The summed E-state index contributed by atoms with van der Waals surface area (Å²) in [4.78, 5) is 13.7. The Morgan fingerprint density at radius 1 is 1.35 bits per heavy atom. The van der Waals surface area contributed by atoms with Crippen molar-refractivity contribution in [1.29, 1.82) is 0 Å². The number of benzene rings is 1. The van der Waals surface area contributed by atoms with Gasteiger partial charge in [-0.05, 0) is 32.9 Å². The van der Waals surface area contributed by atoms with E-state index in [2.05, 4.69) is 9.47 Å². The lowest BCUT2D eigenvalue weighted by Crippen LogP contribution is -2.41. The highest BCUT2D eigenvalue weighted by molar-refractivity contribution is 5.69. The number of aliphatic hydroxyl groups excluding tert-OH is 1. The molecule has 9 heteroatoms. The molecule has 7 nitrogen and oxygen atoms in total. The molecule has 0 unspecified atom stereocenters. The Balaban J connectivity index is 1.66. The third-order valence-corrected chi connectivity index (χ3v) is 3.89. The minimum atomic E-state index is -3.69. The summed E-state index contributed by atoms with van der Waals surface area (Å²) in [6.07, 6.45) is -4.25. The number of hydrogen-bond donors (Lipinski definition) is 1. The van der Waals surface area contributed by atoms with E-state index in [1.54, 1.807) is 20.8 Å². The van der Waals surface area contributed by atoms with Crippen LogP contribution in [0.4, 0.5) is 13.6 Å². The molecule has 2 atom stereocenters. The number of amides is 1. The molecule has 144 valence electrons. The van der Waals surface area contributed by atoms with Gasteiger partial charge in [0.2, 0.25) is 0 Å². The maximum Gasteiger partial charge on any atom is 0.586 e.